The molecule has 2 N–H and O–H groups in total. The molecular formula is C11H17N3S. The third-order valence-electron chi connectivity index (χ3n) is 2.88. The van der Waals surface area contributed by atoms with E-state index >= 15 is 0 Å². The predicted molar refractivity (Wildman–Crippen MR) is 66.3 cm³/mol. The fourth-order valence-electron chi connectivity index (χ4n) is 1.78. The van der Waals surface area contributed by atoms with Crippen LogP contribution in [-0.2, 0) is 6.54 Å². The van der Waals surface area contributed by atoms with Gasteiger partial charge in [-0.3, -0.25) is 4.98 Å². The lowest BCUT2D eigenvalue weighted by atomic mass is 10.2. The monoisotopic (exact) mass is 223 g/mol. The minimum absolute atomic E-state index is 0.517. The molecule has 1 saturated heterocycles. The molecule has 1 atom stereocenters. The van der Waals surface area contributed by atoms with Crippen molar-refractivity contribution < 1.29 is 0 Å². The fraction of sp³-hybridized carbons (Fsp3) is 0.545. The molecule has 1 aromatic rings. The standard InChI is InChI=1S/C11H17N3S/c1-14(11-4-5-15-8-11)10-3-2-9(6-12)13-7-10/h2-3,7,11H,4-6,8,12H2,1H3. The van der Waals surface area contributed by atoms with Crippen LogP contribution in [0, 0.1) is 0 Å². The zero-order valence-electron chi connectivity index (χ0n) is 9.02. The van der Waals surface area contributed by atoms with E-state index in [2.05, 4.69) is 23.0 Å². The van der Waals surface area contributed by atoms with E-state index in [-0.39, 0.29) is 0 Å². The molecule has 4 heteroatoms. The minimum Gasteiger partial charge on any atom is -0.370 e. The second-order valence-electron chi connectivity index (χ2n) is 3.84. The number of hydrogen-bond acceptors (Lipinski definition) is 4. The van der Waals surface area contributed by atoms with Gasteiger partial charge >= 0.3 is 0 Å². The maximum absolute atomic E-state index is 5.52. The van der Waals surface area contributed by atoms with E-state index in [1.54, 1.807) is 0 Å². The first-order valence-corrected chi connectivity index (χ1v) is 6.42. The van der Waals surface area contributed by atoms with Gasteiger partial charge in [0.1, 0.15) is 0 Å². The molecule has 0 aliphatic carbocycles. The van der Waals surface area contributed by atoms with Gasteiger partial charge in [0, 0.05) is 25.4 Å². The van der Waals surface area contributed by atoms with Gasteiger partial charge in [-0.05, 0) is 24.3 Å². The molecule has 0 spiro atoms. The second kappa shape index (κ2) is 4.86. The van der Waals surface area contributed by atoms with Crippen LogP contribution >= 0.6 is 11.8 Å². The van der Waals surface area contributed by atoms with Crippen LogP contribution in [0.3, 0.4) is 0 Å². The van der Waals surface area contributed by atoms with Crippen molar-refractivity contribution in [2.45, 2.75) is 19.0 Å². The summed E-state index contributed by atoms with van der Waals surface area (Å²) in [5.41, 5.74) is 7.66. The highest BCUT2D eigenvalue weighted by atomic mass is 32.2. The van der Waals surface area contributed by atoms with Crippen LogP contribution in [0.15, 0.2) is 18.3 Å². The number of nitrogens with zero attached hydrogens (tertiary/aromatic N) is 2. The average molecular weight is 223 g/mol. The van der Waals surface area contributed by atoms with Crippen LogP contribution in [0.2, 0.25) is 0 Å². The van der Waals surface area contributed by atoms with Crippen molar-refractivity contribution in [3.63, 3.8) is 0 Å². The molecule has 0 bridgehead atoms. The lowest BCUT2D eigenvalue weighted by Gasteiger charge is -2.25. The largest absolute Gasteiger partial charge is 0.370 e. The summed E-state index contributed by atoms with van der Waals surface area (Å²) < 4.78 is 0. The van der Waals surface area contributed by atoms with Crippen LogP contribution in [-0.4, -0.2) is 29.6 Å². The van der Waals surface area contributed by atoms with E-state index in [0.29, 0.717) is 12.6 Å². The molecule has 0 amide bonds. The number of anilines is 1. The number of thioether (sulfide) groups is 1. The fourth-order valence-corrected chi connectivity index (χ4v) is 3.05. The molecule has 1 aliphatic heterocycles. The van der Waals surface area contributed by atoms with E-state index in [1.807, 2.05) is 24.0 Å². The molecule has 3 nitrogen and oxygen atoms in total. The number of pyridine rings is 1. The summed E-state index contributed by atoms with van der Waals surface area (Å²) in [4.78, 5) is 6.64. The highest BCUT2D eigenvalue weighted by Crippen LogP contribution is 2.25. The molecule has 1 unspecified atom stereocenters. The second-order valence-corrected chi connectivity index (χ2v) is 4.99. The topological polar surface area (TPSA) is 42.1 Å². The summed E-state index contributed by atoms with van der Waals surface area (Å²) in [6.07, 6.45) is 3.20. The molecule has 1 aliphatic rings. The van der Waals surface area contributed by atoms with Crippen molar-refractivity contribution in [1.29, 1.82) is 0 Å². The summed E-state index contributed by atoms with van der Waals surface area (Å²) in [6.45, 7) is 0.517. The smallest absolute Gasteiger partial charge is 0.0553 e. The normalized spacial score (nSPS) is 20.5. The van der Waals surface area contributed by atoms with Gasteiger partial charge in [-0.25, -0.2) is 0 Å². The zero-order valence-corrected chi connectivity index (χ0v) is 9.83. The third-order valence-corrected chi connectivity index (χ3v) is 4.02. The molecular weight excluding hydrogens is 206 g/mol. The van der Waals surface area contributed by atoms with E-state index in [1.165, 1.54) is 23.6 Å². The molecule has 1 fully saturated rings. The Morgan fingerprint density at radius 1 is 1.60 bits per heavy atom. The Morgan fingerprint density at radius 2 is 2.47 bits per heavy atom. The minimum atomic E-state index is 0.517. The Hall–Kier alpha value is -0.740. The van der Waals surface area contributed by atoms with Gasteiger partial charge in [0.2, 0.25) is 0 Å². The van der Waals surface area contributed by atoms with Crippen molar-refractivity contribution >= 4 is 17.4 Å². The SMILES string of the molecule is CN(c1ccc(CN)nc1)C1CCSC1. The van der Waals surface area contributed by atoms with E-state index in [4.69, 9.17) is 5.73 Å². The van der Waals surface area contributed by atoms with Gasteiger partial charge in [-0.1, -0.05) is 0 Å². The lowest BCUT2D eigenvalue weighted by molar-refractivity contribution is 0.698. The number of aromatic nitrogens is 1. The first-order chi connectivity index (χ1) is 7.31. The summed E-state index contributed by atoms with van der Waals surface area (Å²) in [6, 6.07) is 4.78. The van der Waals surface area contributed by atoms with Crippen molar-refractivity contribution in [2.24, 2.45) is 5.73 Å². The summed E-state index contributed by atoms with van der Waals surface area (Å²) >= 11 is 2.03. The van der Waals surface area contributed by atoms with Crippen LogP contribution in [0.1, 0.15) is 12.1 Å². The van der Waals surface area contributed by atoms with E-state index in [9.17, 15) is 0 Å². The van der Waals surface area contributed by atoms with Crippen LogP contribution in [0.5, 0.6) is 0 Å². The Balaban J connectivity index is 2.07. The van der Waals surface area contributed by atoms with Crippen molar-refractivity contribution in [1.82, 2.24) is 4.98 Å². The van der Waals surface area contributed by atoms with Crippen LogP contribution in [0.25, 0.3) is 0 Å². The number of nitrogens with two attached hydrogens (primary N) is 1. The van der Waals surface area contributed by atoms with Gasteiger partial charge < -0.3 is 10.6 Å². The molecule has 0 aromatic carbocycles. The zero-order chi connectivity index (χ0) is 10.7. The highest BCUT2D eigenvalue weighted by Gasteiger charge is 2.20. The first kappa shape index (κ1) is 10.8. The van der Waals surface area contributed by atoms with Crippen molar-refractivity contribution in [3.05, 3.63) is 24.0 Å². The molecule has 15 heavy (non-hydrogen) atoms. The van der Waals surface area contributed by atoms with Gasteiger partial charge in [0.15, 0.2) is 0 Å². The Kier molecular flexibility index (Phi) is 3.49. The lowest BCUT2D eigenvalue weighted by Crippen LogP contribution is -2.31. The van der Waals surface area contributed by atoms with E-state index < -0.39 is 0 Å². The predicted octanol–water partition coefficient (Wildman–Crippen LogP) is 1.48. The molecule has 2 rings (SSSR count). The Labute approximate surface area is 95.1 Å². The first-order valence-electron chi connectivity index (χ1n) is 5.27. The van der Waals surface area contributed by atoms with Crippen LogP contribution in [0.4, 0.5) is 5.69 Å². The Morgan fingerprint density at radius 3 is 3.00 bits per heavy atom. The summed E-state index contributed by atoms with van der Waals surface area (Å²) in [5.74, 6) is 2.51. The van der Waals surface area contributed by atoms with E-state index in [0.717, 1.165) is 5.69 Å². The third kappa shape index (κ3) is 2.44. The molecule has 1 aromatic heterocycles. The van der Waals surface area contributed by atoms with Gasteiger partial charge in [0.05, 0.1) is 17.6 Å². The maximum Gasteiger partial charge on any atom is 0.0553 e. The molecule has 0 radical (unpaired) electrons. The number of rotatable bonds is 3. The summed E-state index contributed by atoms with van der Waals surface area (Å²) in [5, 5.41) is 0. The summed E-state index contributed by atoms with van der Waals surface area (Å²) in [7, 11) is 2.15. The molecule has 2 heterocycles. The van der Waals surface area contributed by atoms with Gasteiger partial charge in [0.25, 0.3) is 0 Å². The average Bonchev–Trinajstić information content (AvgIpc) is 2.82. The van der Waals surface area contributed by atoms with Crippen molar-refractivity contribution in [2.75, 3.05) is 23.5 Å². The molecule has 0 saturated carbocycles. The quantitative estimate of drug-likeness (QED) is 0.843. The number of hydrogen-bond donors (Lipinski definition) is 1. The van der Waals surface area contributed by atoms with Crippen molar-refractivity contribution in [3.8, 4) is 0 Å². The Bertz CT molecular complexity index is 306. The highest BCUT2D eigenvalue weighted by molar-refractivity contribution is 7.99. The van der Waals surface area contributed by atoms with Crippen LogP contribution < -0.4 is 10.6 Å². The maximum atomic E-state index is 5.52. The van der Waals surface area contributed by atoms with Gasteiger partial charge in [-0.2, -0.15) is 11.8 Å². The molecule has 82 valence electrons. The van der Waals surface area contributed by atoms with Gasteiger partial charge in [-0.15, -0.1) is 0 Å².